The van der Waals surface area contributed by atoms with Gasteiger partial charge in [-0.3, -0.25) is 0 Å². The molecule has 0 heterocycles. The molecule has 4 heteroatoms. The zero-order chi connectivity index (χ0) is 3.41. The van der Waals surface area contributed by atoms with Crippen molar-refractivity contribution in [3.8, 4) is 0 Å². The minimum Gasteiger partial charge on any atom is -0.382 e. The molecule has 0 N–H and O–H groups in total. The SMILES string of the molecule is [B]OSI. The summed E-state index contributed by atoms with van der Waals surface area (Å²) in [4.78, 5) is 0. The van der Waals surface area contributed by atoms with Gasteiger partial charge in [0.2, 0.25) is 0 Å². The molecule has 0 saturated heterocycles. The van der Waals surface area contributed by atoms with E-state index in [-0.39, 0.29) is 0 Å². The molecule has 0 saturated carbocycles. The Balaban J connectivity index is 1.97. The Morgan fingerprint density at radius 3 is 2.25 bits per heavy atom. The van der Waals surface area contributed by atoms with Gasteiger partial charge in [-0.25, -0.2) is 0 Å². The van der Waals surface area contributed by atoms with Gasteiger partial charge in [0.05, 0.1) is 0 Å². The first-order chi connectivity index (χ1) is 1.91. The van der Waals surface area contributed by atoms with Crippen molar-refractivity contribution in [2.75, 3.05) is 0 Å². The van der Waals surface area contributed by atoms with E-state index in [2.05, 4.69) is 12.1 Å². The summed E-state index contributed by atoms with van der Waals surface area (Å²) in [6, 6.07) is 0. The molecular weight excluding hydrogens is 186 g/mol. The van der Waals surface area contributed by atoms with Crippen molar-refractivity contribution in [1.82, 2.24) is 0 Å². The number of hydrogen-bond acceptors (Lipinski definition) is 2. The Hall–Kier alpha value is 1.10. The third kappa shape index (κ3) is 3.10. The number of rotatable bonds is 1. The smallest absolute Gasteiger partial charge is 0.306 e. The Labute approximate surface area is 42.7 Å². The predicted molar refractivity (Wildman–Crippen MR) is 28.4 cm³/mol. The molecule has 0 atom stereocenters. The van der Waals surface area contributed by atoms with Crippen LogP contribution >= 0.6 is 30.4 Å². The molecule has 0 bridgehead atoms. The highest BCUT2D eigenvalue weighted by Crippen LogP contribution is 2.07. The van der Waals surface area contributed by atoms with E-state index in [4.69, 9.17) is 0 Å². The average molecular weight is 186 g/mol. The van der Waals surface area contributed by atoms with Gasteiger partial charge in [0.1, 0.15) is 0 Å². The molecule has 0 spiro atoms. The van der Waals surface area contributed by atoms with Gasteiger partial charge in [-0.2, -0.15) is 0 Å². The molecule has 2 radical (unpaired) electrons. The van der Waals surface area contributed by atoms with Crippen LogP contribution in [0, 0.1) is 0 Å². The summed E-state index contributed by atoms with van der Waals surface area (Å²) in [5.74, 6) is 0. The Kier molecular flexibility index (Phi) is 5.24. The van der Waals surface area contributed by atoms with Crippen molar-refractivity contribution in [3.63, 3.8) is 0 Å². The molecule has 0 aliphatic rings. The molecule has 0 unspecified atom stereocenters. The van der Waals surface area contributed by atoms with E-state index in [1.165, 1.54) is 0 Å². The van der Waals surface area contributed by atoms with Crippen LogP contribution < -0.4 is 0 Å². The van der Waals surface area contributed by atoms with Crippen LogP contribution in [0.2, 0.25) is 0 Å². The number of halogens is 1. The van der Waals surface area contributed by atoms with Crippen LogP contribution in [-0.2, 0) is 4.10 Å². The highest BCUT2D eigenvalue weighted by molar-refractivity contribution is 14.2. The summed E-state index contributed by atoms with van der Waals surface area (Å²) in [6.45, 7) is 0. The van der Waals surface area contributed by atoms with E-state index in [0.717, 1.165) is 9.21 Å². The van der Waals surface area contributed by atoms with Crippen molar-refractivity contribution in [2.24, 2.45) is 0 Å². The first kappa shape index (κ1) is 5.10. The van der Waals surface area contributed by atoms with Gasteiger partial charge < -0.3 is 4.10 Å². The van der Waals surface area contributed by atoms with E-state index in [1.807, 2.05) is 21.2 Å². The topological polar surface area (TPSA) is 9.23 Å². The fourth-order valence-electron chi connectivity index (χ4n) is 0. The summed E-state index contributed by atoms with van der Waals surface area (Å²) < 4.78 is 3.94. The maximum Gasteiger partial charge on any atom is 0.306 e. The molecule has 0 aromatic rings. The lowest BCUT2D eigenvalue weighted by Crippen LogP contribution is -1.52. The summed E-state index contributed by atoms with van der Waals surface area (Å²) in [5, 5.41) is 0. The Morgan fingerprint density at radius 1 is 2.00 bits per heavy atom. The van der Waals surface area contributed by atoms with Crippen LogP contribution in [0.5, 0.6) is 0 Å². The molecule has 22 valence electrons. The van der Waals surface area contributed by atoms with Crippen LogP contribution in [-0.4, -0.2) is 8.05 Å². The third-order valence-corrected chi connectivity index (χ3v) is 0.732. The lowest BCUT2D eigenvalue weighted by molar-refractivity contribution is 0.738. The van der Waals surface area contributed by atoms with Gasteiger partial charge in [0.15, 0.2) is 0 Å². The summed E-state index contributed by atoms with van der Waals surface area (Å²) in [7, 11) is 5.59. The van der Waals surface area contributed by atoms with Crippen molar-refractivity contribution < 1.29 is 4.10 Å². The molecule has 0 aliphatic heterocycles. The van der Waals surface area contributed by atoms with Gasteiger partial charge in [0, 0.05) is 30.4 Å². The first-order valence-electron chi connectivity index (χ1n) is 0.557. The normalized spacial score (nSPS) is 7.25. The molecule has 0 aromatic heterocycles. The molecule has 0 rings (SSSR count). The lowest BCUT2D eigenvalue weighted by Gasteiger charge is -1.72. The molecule has 0 amide bonds. The molecule has 0 aliphatic carbocycles. The fourth-order valence-corrected chi connectivity index (χ4v) is 0. The highest BCUT2D eigenvalue weighted by Gasteiger charge is 1.57. The molecule has 4 heavy (non-hydrogen) atoms. The second-order valence-corrected chi connectivity index (χ2v) is 1.56. The van der Waals surface area contributed by atoms with Crippen molar-refractivity contribution in [1.29, 1.82) is 0 Å². The van der Waals surface area contributed by atoms with E-state index in [1.54, 1.807) is 0 Å². The van der Waals surface area contributed by atoms with E-state index >= 15 is 0 Å². The lowest BCUT2D eigenvalue weighted by atomic mass is 10.6. The van der Waals surface area contributed by atoms with Crippen molar-refractivity contribution in [3.05, 3.63) is 0 Å². The molecule has 0 aromatic carbocycles. The predicted octanol–water partition coefficient (Wildman–Crippen LogP) is 1.08. The summed E-state index contributed by atoms with van der Waals surface area (Å²) >= 11 is 1.92. The molecule has 1 nitrogen and oxygen atoms in total. The Bertz CT molecular complexity index is 10.0. The minimum absolute atomic E-state index is 1.10. The van der Waals surface area contributed by atoms with Crippen LogP contribution in [0.1, 0.15) is 0 Å². The zero-order valence-electron chi connectivity index (χ0n) is 1.77. The second-order valence-electron chi connectivity index (χ2n) is 0.159. The van der Waals surface area contributed by atoms with Crippen LogP contribution in [0.4, 0.5) is 0 Å². The van der Waals surface area contributed by atoms with Gasteiger partial charge in [-0.05, 0) is 0 Å². The highest BCUT2D eigenvalue weighted by atomic mass is 127. The molecule has 0 fully saturated rings. The van der Waals surface area contributed by atoms with Crippen molar-refractivity contribution in [2.45, 2.75) is 0 Å². The van der Waals surface area contributed by atoms with Crippen LogP contribution in [0.25, 0.3) is 0 Å². The van der Waals surface area contributed by atoms with E-state index in [9.17, 15) is 0 Å². The minimum atomic E-state index is 1.10. The van der Waals surface area contributed by atoms with Crippen LogP contribution in [0.3, 0.4) is 0 Å². The maximum absolute atomic E-state index is 4.48. The van der Waals surface area contributed by atoms with E-state index < -0.39 is 0 Å². The van der Waals surface area contributed by atoms with Gasteiger partial charge in [-0.1, -0.05) is 0 Å². The van der Waals surface area contributed by atoms with E-state index in [0.29, 0.717) is 0 Å². The first-order valence-corrected chi connectivity index (χ1v) is 3.84. The average Bonchev–Trinajstić information content (AvgIpc) is 1.37. The second kappa shape index (κ2) is 4.10. The monoisotopic (exact) mass is 186 g/mol. The summed E-state index contributed by atoms with van der Waals surface area (Å²) in [6.07, 6.45) is 0. The Morgan fingerprint density at radius 2 is 2.25 bits per heavy atom. The van der Waals surface area contributed by atoms with Gasteiger partial charge >= 0.3 is 8.05 Å². The van der Waals surface area contributed by atoms with Gasteiger partial charge in [-0.15, -0.1) is 0 Å². The largest absolute Gasteiger partial charge is 0.382 e. The third-order valence-electron chi connectivity index (χ3n) is 0.0364. The van der Waals surface area contributed by atoms with Crippen LogP contribution in [0.15, 0.2) is 0 Å². The standard InChI is InChI=1S/BIOS/c1-3-4-2. The molecular formula is BIOS. The number of hydrogen-bond donors (Lipinski definition) is 0. The van der Waals surface area contributed by atoms with Gasteiger partial charge in [0.25, 0.3) is 0 Å². The maximum atomic E-state index is 4.48. The van der Waals surface area contributed by atoms with Crippen molar-refractivity contribution >= 4 is 38.5 Å². The fraction of sp³-hybridized carbons (Fsp3) is 0. The quantitative estimate of drug-likeness (QED) is 0.344. The zero-order valence-corrected chi connectivity index (χ0v) is 4.75. The summed E-state index contributed by atoms with van der Waals surface area (Å²) in [5.41, 5.74) is 0.